The van der Waals surface area contributed by atoms with Gasteiger partial charge in [0, 0.05) is 18.7 Å². The van der Waals surface area contributed by atoms with Crippen molar-refractivity contribution < 1.29 is 9.53 Å². The van der Waals surface area contributed by atoms with Crippen LogP contribution in [0.25, 0.3) is 0 Å². The van der Waals surface area contributed by atoms with Gasteiger partial charge in [-0.15, -0.1) is 0 Å². The summed E-state index contributed by atoms with van der Waals surface area (Å²) in [5.41, 5.74) is 8.45. The molecule has 4 heteroatoms. The van der Waals surface area contributed by atoms with Crippen molar-refractivity contribution in [2.24, 2.45) is 5.73 Å². The summed E-state index contributed by atoms with van der Waals surface area (Å²) >= 11 is 0. The van der Waals surface area contributed by atoms with Crippen LogP contribution in [-0.2, 0) is 22.6 Å². The third-order valence-corrected chi connectivity index (χ3v) is 3.23. The summed E-state index contributed by atoms with van der Waals surface area (Å²) in [6, 6.07) is 17.9. The first-order chi connectivity index (χ1) is 10.8. The topological polar surface area (TPSA) is 64.4 Å². The second kappa shape index (κ2) is 8.97. The van der Waals surface area contributed by atoms with Gasteiger partial charge in [-0.05, 0) is 29.7 Å². The summed E-state index contributed by atoms with van der Waals surface area (Å²) in [6.07, 6.45) is 1.23. The van der Waals surface area contributed by atoms with E-state index in [-0.39, 0.29) is 5.91 Å². The fourth-order valence-corrected chi connectivity index (χ4v) is 2.12. The molecule has 0 bridgehead atoms. The number of anilines is 1. The Morgan fingerprint density at radius 1 is 1.05 bits per heavy atom. The third kappa shape index (κ3) is 5.68. The molecular weight excluding hydrogens is 276 g/mol. The van der Waals surface area contributed by atoms with E-state index in [0.29, 0.717) is 26.2 Å². The molecule has 0 radical (unpaired) electrons. The fraction of sp³-hybridized carbons (Fsp3) is 0.278. The van der Waals surface area contributed by atoms with Gasteiger partial charge in [-0.25, -0.2) is 0 Å². The Labute approximate surface area is 131 Å². The summed E-state index contributed by atoms with van der Waals surface area (Å²) in [4.78, 5) is 11.5. The van der Waals surface area contributed by atoms with E-state index in [4.69, 9.17) is 10.5 Å². The molecule has 0 fully saturated rings. The van der Waals surface area contributed by atoms with Crippen molar-refractivity contribution in [3.05, 3.63) is 65.7 Å². The molecule has 22 heavy (non-hydrogen) atoms. The number of nitrogens with two attached hydrogens (primary N) is 1. The second-order valence-electron chi connectivity index (χ2n) is 5.08. The summed E-state index contributed by atoms with van der Waals surface area (Å²) in [5, 5.41) is 2.83. The summed E-state index contributed by atoms with van der Waals surface area (Å²) in [6.45, 7) is 1.56. The van der Waals surface area contributed by atoms with Gasteiger partial charge >= 0.3 is 0 Å². The summed E-state index contributed by atoms with van der Waals surface area (Å²) in [7, 11) is 0. The van der Waals surface area contributed by atoms with Crippen molar-refractivity contribution in [2.45, 2.75) is 19.4 Å². The van der Waals surface area contributed by atoms with Crippen molar-refractivity contribution in [1.82, 2.24) is 0 Å². The van der Waals surface area contributed by atoms with E-state index in [9.17, 15) is 4.79 Å². The predicted octanol–water partition coefficient (Wildman–Crippen LogP) is 2.73. The molecule has 0 heterocycles. The minimum atomic E-state index is -0.0651. The smallest absolute Gasteiger partial charge is 0.225 e. The highest BCUT2D eigenvalue weighted by Crippen LogP contribution is 2.12. The van der Waals surface area contributed by atoms with Crippen LogP contribution in [0.3, 0.4) is 0 Å². The molecule has 0 aliphatic heterocycles. The van der Waals surface area contributed by atoms with Gasteiger partial charge in [0.05, 0.1) is 13.2 Å². The van der Waals surface area contributed by atoms with E-state index >= 15 is 0 Å². The van der Waals surface area contributed by atoms with Gasteiger partial charge in [0.1, 0.15) is 0 Å². The van der Waals surface area contributed by atoms with Gasteiger partial charge in [0.15, 0.2) is 0 Å². The Bertz CT molecular complexity index is 585. The van der Waals surface area contributed by atoms with Gasteiger partial charge in [-0.1, -0.05) is 42.5 Å². The number of ether oxygens (including phenoxy) is 1. The SMILES string of the molecule is NCCC(=O)Nc1cccc(COCCc2ccccc2)c1. The van der Waals surface area contributed by atoms with Crippen molar-refractivity contribution in [3.8, 4) is 0 Å². The second-order valence-corrected chi connectivity index (χ2v) is 5.08. The highest BCUT2D eigenvalue weighted by Gasteiger charge is 2.02. The molecule has 4 nitrogen and oxygen atoms in total. The van der Waals surface area contributed by atoms with Gasteiger partial charge in [0.2, 0.25) is 5.91 Å². The molecule has 0 aliphatic carbocycles. The molecule has 0 saturated heterocycles. The fourth-order valence-electron chi connectivity index (χ4n) is 2.12. The lowest BCUT2D eigenvalue weighted by Gasteiger charge is -2.08. The number of rotatable bonds is 8. The molecule has 0 aliphatic rings. The zero-order chi connectivity index (χ0) is 15.6. The van der Waals surface area contributed by atoms with Crippen LogP contribution >= 0.6 is 0 Å². The van der Waals surface area contributed by atoms with Crippen LogP contribution in [0, 0.1) is 0 Å². The summed E-state index contributed by atoms with van der Waals surface area (Å²) < 4.78 is 5.70. The lowest BCUT2D eigenvalue weighted by molar-refractivity contribution is -0.116. The van der Waals surface area contributed by atoms with Crippen LogP contribution in [0.1, 0.15) is 17.5 Å². The monoisotopic (exact) mass is 298 g/mol. The zero-order valence-corrected chi connectivity index (χ0v) is 12.6. The van der Waals surface area contributed by atoms with Crippen LogP contribution in [-0.4, -0.2) is 19.1 Å². The van der Waals surface area contributed by atoms with Crippen LogP contribution < -0.4 is 11.1 Å². The number of carbonyl (C=O) groups excluding carboxylic acids is 1. The van der Waals surface area contributed by atoms with Crippen molar-refractivity contribution in [2.75, 3.05) is 18.5 Å². The maximum atomic E-state index is 11.5. The number of nitrogens with one attached hydrogen (secondary N) is 1. The lowest BCUT2D eigenvalue weighted by Crippen LogP contribution is -2.16. The summed E-state index contributed by atoms with van der Waals surface area (Å²) in [5.74, 6) is -0.0651. The Morgan fingerprint density at radius 2 is 1.82 bits per heavy atom. The molecule has 0 aromatic heterocycles. The highest BCUT2D eigenvalue weighted by molar-refractivity contribution is 5.90. The van der Waals surface area contributed by atoms with Gasteiger partial charge < -0.3 is 15.8 Å². The Balaban J connectivity index is 1.77. The number of amides is 1. The van der Waals surface area contributed by atoms with Gasteiger partial charge in [-0.2, -0.15) is 0 Å². The molecule has 0 unspecified atom stereocenters. The van der Waals surface area contributed by atoms with E-state index in [1.165, 1.54) is 5.56 Å². The normalized spacial score (nSPS) is 10.4. The number of hydrogen-bond donors (Lipinski definition) is 2. The predicted molar refractivity (Wildman–Crippen MR) is 88.5 cm³/mol. The first-order valence-corrected chi connectivity index (χ1v) is 7.48. The van der Waals surface area contributed by atoms with Crippen molar-refractivity contribution in [3.63, 3.8) is 0 Å². The van der Waals surface area contributed by atoms with E-state index in [1.54, 1.807) is 0 Å². The standard InChI is InChI=1S/C18H22N2O2/c19-11-9-18(21)20-17-8-4-7-16(13-17)14-22-12-10-15-5-2-1-3-6-15/h1-8,13H,9-12,14,19H2,(H,20,21). The van der Waals surface area contributed by atoms with E-state index in [0.717, 1.165) is 17.7 Å². The molecule has 0 saturated carbocycles. The minimum absolute atomic E-state index is 0.0651. The molecule has 3 N–H and O–H groups in total. The third-order valence-electron chi connectivity index (χ3n) is 3.23. The zero-order valence-electron chi connectivity index (χ0n) is 12.6. The Kier molecular flexibility index (Phi) is 6.61. The minimum Gasteiger partial charge on any atom is -0.376 e. The number of carbonyl (C=O) groups is 1. The first-order valence-electron chi connectivity index (χ1n) is 7.48. The highest BCUT2D eigenvalue weighted by atomic mass is 16.5. The first kappa shape index (κ1) is 16.2. The van der Waals surface area contributed by atoms with Crippen molar-refractivity contribution >= 4 is 11.6 Å². The number of hydrogen-bond acceptors (Lipinski definition) is 3. The van der Waals surface area contributed by atoms with Crippen LogP contribution in [0.2, 0.25) is 0 Å². The van der Waals surface area contributed by atoms with E-state index < -0.39 is 0 Å². The van der Waals surface area contributed by atoms with E-state index in [1.807, 2.05) is 42.5 Å². The van der Waals surface area contributed by atoms with Gasteiger partial charge in [-0.3, -0.25) is 4.79 Å². The van der Waals surface area contributed by atoms with E-state index in [2.05, 4.69) is 17.4 Å². The molecular formula is C18H22N2O2. The van der Waals surface area contributed by atoms with Crippen LogP contribution in [0.5, 0.6) is 0 Å². The molecule has 0 spiro atoms. The average Bonchev–Trinajstić information content (AvgIpc) is 2.53. The van der Waals surface area contributed by atoms with Crippen molar-refractivity contribution in [1.29, 1.82) is 0 Å². The Hall–Kier alpha value is -2.17. The molecule has 116 valence electrons. The molecule has 2 aromatic carbocycles. The van der Waals surface area contributed by atoms with Crippen LogP contribution in [0.15, 0.2) is 54.6 Å². The number of benzene rings is 2. The molecule has 2 aromatic rings. The average molecular weight is 298 g/mol. The molecule has 0 atom stereocenters. The lowest BCUT2D eigenvalue weighted by atomic mass is 10.2. The maximum absolute atomic E-state index is 11.5. The quantitative estimate of drug-likeness (QED) is 0.737. The largest absolute Gasteiger partial charge is 0.376 e. The van der Waals surface area contributed by atoms with Crippen LogP contribution in [0.4, 0.5) is 5.69 Å². The maximum Gasteiger partial charge on any atom is 0.225 e. The molecule has 2 rings (SSSR count). The Morgan fingerprint density at radius 3 is 2.59 bits per heavy atom. The van der Waals surface area contributed by atoms with Gasteiger partial charge in [0.25, 0.3) is 0 Å². The molecule has 1 amide bonds.